The monoisotopic (exact) mass is 591 g/mol. The van der Waals surface area contributed by atoms with Crippen LogP contribution >= 0.6 is 0 Å². The van der Waals surface area contributed by atoms with Crippen LogP contribution < -0.4 is 4.74 Å². The molecule has 39 heavy (non-hydrogen) atoms. The fraction of sp³-hybridized carbons (Fsp3) is 0.462. The molecule has 3 aliphatic rings. The van der Waals surface area contributed by atoms with Gasteiger partial charge in [0.2, 0.25) is 0 Å². The summed E-state index contributed by atoms with van der Waals surface area (Å²) in [4.78, 5) is 16.7. The molecule has 2 fully saturated rings. The van der Waals surface area contributed by atoms with E-state index in [0.717, 1.165) is 35.9 Å². The van der Waals surface area contributed by atoms with E-state index < -0.39 is 10.2 Å². The number of hydrogen-bond acceptors (Lipinski definition) is 6. The van der Waals surface area contributed by atoms with Gasteiger partial charge in [-0.2, -0.15) is 0 Å². The Morgan fingerprint density at radius 2 is 1.59 bits per heavy atom. The molecule has 13 heteroatoms. The van der Waals surface area contributed by atoms with Gasteiger partial charge in [-0.15, -0.1) is 45.4 Å². The third-order valence-corrected chi connectivity index (χ3v) is 6.64. The molecule has 5 rings (SSSR count). The molecule has 0 amide bonds. The molecule has 1 saturated heterocycles. The molecule has 2 heterocycles. The summed E-state index contributed by atoms with van der Waals surface area (Å²) in [7, 11) is 0. The predicted octanol–water partition coefficient (Wildman–Crippen LogP) is 5.82. The Kier molecular flexibility index (Phi) is 13.5. The van der Waals surface area contributed by atoms with Crippen molar-refractivity contribution >= 4 is 11.8 Å². The first-order valence-electron chi connectivity index (χ1n) is 12.5. The average Bonchev–Trinajstić information content (AvgIpc) is 2.90. The second kappa shape index (κ2) is 16.6. The van der Waals surface area contributed by atoms with Crippen LogP contribution in [0.25, 0.3) is 16.7 Å². The molecule has 1 saturated carbocycles. The topological polar surface area (TPSA) is 173 Å². The molecule has 2 aliphatic heterocycles. The van der Waals surface area contributed by atoms with Crippen LogP contribution in [0.2, 0.25) is 0 Å². The van der Waals surface area contributed by atoms with Crippen molar-refractivity contribution in [3.8, 4) is 5.75 Å². The number of fused-ring (bicyclic) bond motifs is 2. The Morgan fingerprint density at radius 3 is 2.31 bits per heavy atom. The third kappa shape index (κ3) is 10.4. The number of para-hydroxylation sites is 1. The van der Waals surface area contributed by atoms with Crippen LogP contribution in [-0.4, -0.2) is 45.8 Å². The second-order valence-electron chi connectivity index (χ2n) is 9.05. The van der Waals surface area contributed by atoms with Gasteiger partial charge in [-0.05, 0) is 29.2 Å². The van der Waals surface area contributed by atoms with Crippen LogP contribution in [0.5, 0.6) is 5.75 Å². The molecule has 0 bridgehead atoms. The van der Waals surface area contributed by atoms with Crippen molar-refractivity contribution in [2.75, 3.05) is 13.1 Å². The van der Waals surface area contributed by atoms with Crippen LogP contribution in [0.4, 0.5) is 5.69 Å². The van der Waals surface area contributed by atoms with Crippen LogP contribution in [-0.2, 0) is 35.0 Å². The van der Waals surface area contributed by atoms with Gasteiger partial charge in [0, 0.05) is 6.10 Å². The maximum atomic E-state index is 8.36. The molecule has 215 valence electrons. The molecular formula is C26H32CuN4O8. The molecule has 2 aromatic rings. The molecule has 12 nitrogen and oxygen atoms in total. The zero-order chi connectivity index (χ0) is 27.3. The minimum atomic E-state index is -1.50. The van der Waals surface area contributed by atoms with Crippen molar-refractivity contribution in [3.05, 3.63) is 96.1 Å². The minimum Gasteiger partial charge on any atom is -0.678 e. The van der Waals surface area contributed by atoms with Crippen LogP contribution in [0.15, 0.2) is 48.5 Å². The Morgan fingerprint density at radius 1 is 0.923 bits per heavy atom. The summed E-state index contributed by atoms with van der Waals surface area (Å²) in [5, 5.41) is 36.8. The molecule has 3 atom stereocenters. The molecular weight excluding hydrogens is 560 g/mol. The van der Waals surface area contributed by atoms with Crippen molar-refractivity contribution in [1.29, 1.82) is 0 Å². The van der Waals surface area contributed by atoms with Gasteiger partial charge in [0.05, 0.1) is 6.61 Å². The van der Waals surface area contributed by atoms with E-state index in [1.54, 1.807) is 0 Å². The van der Waals surface area contributed by atoms with Gasteiger partial charge in [-0.3, -0.25) is 0 Å². The van der Waals surface area contributed by atoms with Gasteiger partial charge in [-0.1, -0.05) is 79.8 Å². The van der Waals surface area contributed by atoms with Gasteiger partial charge in [0.1, 0.15) is 12.4 Å². The van der Waals surface area contributed by atoms with Crippen molar-refractivity contribution in [2.24, 2.45) is 5.92 Å². The van der Waals surface area contributed by atoms with Gasteiger partial charge >= 0.3 is 17.1 Å². The SMILES string of the molecule is C1=Cc2cccc(OCc3ccccc3COC3CCCC4CCC[N-]C43)c2[N-]C1.O=[N+]([O-])O.O=[N+]([O-])O.[Cu+2]. The van der Waals surface area contributed by atoms with E-state index >= 15 is 0 Å². The van der Waals surface area contributed by atoms with Crippen LogP contribution in [0.1, 0.15) is 48.8 Å². The van der Waals surface area contributed by atoms with Crippen molar-refractivity contribution in [1.82, 2.24) is 0 Å². The maximum Gasteiger partial charge on any atom is 2.00 e. The maximum absolute atomic E-state index is 8.36. The molecule has 1 aliphatic carbocycles. The Hall–Kier alpha value is -3.38. The Labute approximate surface area is 237 Å². The van der Waals surface area contributed by atoms with Crippen LogP contribution in [0.3, 0.4) is 0 Å². The molecule has 3 unspecified atom stereocenters. The standard InChI is InChI=1S/C26H30N2O2.Cu.2HNO3/c1-2-8-22(18-30-24-14-4-10-20-12-6-16-28-26(20)24)21(7-1)17-29-23-13-3-9-19-11-5-15-27-25(19)23;;2*2-1(3)4/h1-3,5,7-9,11,13,20,24,26H,4,6,10,12,14-18H2;;2*(H,2,3,4)/q-2;+2;;. The first-order chi connectivity index (χ1) is 18.3. The summed E-state index contributed by atoms with van der Waals surface area (Å²) < 4.78 is 12.7. The van der Waals surface area contributed by atoms with E-state index in [1.807, 2.05) is 12.1 Å². The van der Waals surface area contributed by atoms with Gasteiger partial charge in [0.15, 0.2) is 0 Å². The van der Waals surface area contributed by atoms with Gasteiger partial charge in [-0.25, -0.2) is 0 Å². The number of benzene rings is 2. The number of piperidine rings is 1. The van der Waals surface area contributed by atoms with Crippen molar-refractivity contribution in [2.45, 2.75) is 57.5 Å². The summed E-state index contributed by atoms with van der Waals surface area (Å²) in [5.74, 6) is 1.59. The van der Waals surface area contributed by atoms with Crippen molar-refractivity contribution < 1.29 is 47.1 Å². The van der Waals surface area contributed by atoms with Gasteiger partial charge in [0.25, 0.3) is 10.2 Å². The summed E-state index contributed by atoms with van der Waals surface area (Å²) in [6.07, 6.45) is 10.7. The number of ether oxygens (including phenoxy) is 2. The Bertz CT molecular complexity index is 1080. The van der Waals surface area contributed by atoms with E-state index in [2.05, 4.69) is 47.8 Å². The molecule has 0 spiro atoms. The number of rotatable bonds is 6. The zero-order valence-corrected chi connectivity index (χ0v) is 22.2. The number of hydrogen-bond donors (Lipinski definition) is 2. The fourth-order valence-corrected chi connectivity index (χ4v) is 5.06. The zero-order valence-electron chi connectivity index (χ0n) is 21.2. The summed E-state index contributed by atoms with van der Waals surface area (Å²) in [6, 6.07) is 15.0. The summed E-state index contributed by atoms with van der Waals surface area (Å²) >= 11 is 0. The first-order valence-corrected chi connectivity index (χ1v) is 12.5. The summed E-state index contributed by atoms with van der Waals surface area (Å²) in [6.45, 7) is 2.87. The molecule has 2 N–H and O–H groups in total. The Balaban J connectivity index is 0.000000527. The quantitative estimate of drug-likeness (QED) is 0.240. The second-order valence-corrected chi connectivity index (χ2v) is 9.05. The van der Waals surface area contributed by atoms with E-state index in [0.29, 0.717) is 25.8 Å². The van der Waals surface area contributed by atoms with E-state index in [9.17, 15) is 0 Å². The third-order valence-electron chi connectivity index (χ3n) is 6.64. The van der Waals surface area contributed by atoms with E-state index in [-0.39, 0.29) is 23.2 Å². The fourth-order valence-electron chi connectivity index (χ4n) is 5.06. The average molecular weight is 592 g/mol. The predicted molar refractivity (Wildman–Crippen MR) is 139 cm³/mol. The first kappa shape index (κ1) is 31.8. The van der Waals surface area contributed by atoms with Crippen LogP contribution in [0, 0.1) is 26.1 Å². The molecule has 0 aromatic heterocycles. The normalized spacial score (nSPS) is 20.6. The van der Waals surface area contributed by atoms with E-state index in [1.165, 1.54) is 36.8 Å². The molecule has 2 aromatic carbocycles. The minimum absolute atomic E-state index is 0. The van der Waals surface area contributed by atoms with Gasteiger partial charge < -0.3 is 30.5 Å². The largest absolute Gasteiger partial charge is 2.00 e. The molecule has 1 radical (unpaired) electrons. The van der Waals surface area contributed by atoms with E-state index in [4.69, 9.17) is 45.4 Å². The smallest absolute Gasteiger partial charge is 0.678 e. The number of nitrogens with zero attached hydrogens (tertiary/aromatic N) is 4. The van der Waals surface area contributed by atoms with Crippen molar-refractivity contribution in [3.63, 3.8) is 0 Å². The summed E-state index contributed by atoms with van der Waals surface area (Å²) in [5.41, 5.74) is 4.46.